The van der Waals surface area contributed by atoms with Gasteiger partial charge in [-0.05, 0) is 83.5 Å². The molecule has 9 N–H and O–H groups in total. The average molecular weight is 1190 g/mol. The topological polar surface area (TPSA) is 228 Å². The number of aliphatic hydroxyl groups excluding tert-OH is 8. The summed E-state index contributed by atoms with van der Waals surface area (Å²) in [5.41, 5.74) is 0. The van der Waals surface area contributed by atoms with Crippen molar-refractivity contribution in [1.82, 2.24) is 5.32 Å². The fourth-order valence-corrected chi connectivity index (χ4v) is 10.9. The van der Waals surface area contributed by atoms with E-state index in [-0.39, 0.29) is 18.9 Å². The van der Waals surface area contributed by atoms with Crippen molar-refractivity contribution < 1.29 is 64.6 Å². The van der Waals surface area contributed by atoms with E-state index >= 15 is 0 Å². The van der Waals surface area contributed by atoms with Gasteiger partial charge in [-0.25, -0.2) is 0 Å². The molecular formula is C70H125NO13. The first-order valence-corrected chi connectivity index (χ1v) is 34.2. The quantitative estimate of drug-likeness (QED) is 0.0204. The minimum Gasteiger partial charge on any atom is -0.394 e. The van der Waals surface area contributed by atoms with Crippen molar-refractivity contribution >= 4 is 5.91 Å². The second-order valence-electron chi connectivity index (χ2n) is 23.9. The second kappa shape index (κ2) is 54.6. The van der Waals surface area contributed by atoms with Crippen LogP contribution in [-0.2, 0) is 23.7 Å². The monoisotopic (exact) mass is 1190 g/mol. The molecular weight excluding hydrogens is 1060 g/mol. The van der Waals surface area contributed by atoms with E-state index in [1.54, 1.807) is 6.08 Å². The highest BCUT2D eigenvalue weighted by atomic mass is 16.7. The molecule has 2 aliphatic heterocycles. The van der Waals surface area contributed by atoms with Gasteiger partial charge in [-0.3, -0.25) is 4.79 Å². The molecule has 2 saturated heterocycles. The molecule has 12 unspecified atom stereocenters. The van der Waals surface area contributed by atoms with Gasteiger partial charge in [0.05, 0.1) is 32.0 Å². The fourth-order valence-electron chi connectivity index (χ4n) is 10.9. The molecule has 0 spiro atoms. The number of nitrogens with one attached hydrogen (secondary N) is 1. The maximum Gasteiger partial charge on any atom is 0.220 e. The van der Waals surface area contributed by atoms with Gasteiger partial charge in [0, 0.05) is 6.42 Å². The van der Waals surface area contributed by atoms with Crippen LogP contribution in [0.1, 0.15) is 271 Å². The maximum absolute atomic E-state index is 13.3. The third-order valence-electron chi connectivity index (χ3n) is 16.3. The molecule has 0 aromatic rings. The molecule has 14 heteroatoms. The predicted octanol–water partition coefficient (Wildman–Crippen LogP) is 13.5. The number of aliphatic hydroxyl groups is 8. The molecule has 488 valence electrons. The molecule has 2 heterocycles. The lowest BCUT2D eigenvalue weighted by Crippen LogP contribution is -2.65. The molecule has 0 radical (unpaired) electrons. The summed E-state index contributed by atoms with van der Waals surface area (Å²) in [6.45, 7) is 2.78. The third kappa shape index (κ3) is 38.7. The second-order valence-corrected chi connectivity index (χ2v) is 23.9. The molecule has 0 saturated carbocycles. The molecule has 0 aromatic carbocycles. The predicted molar refractivity (Wildman–Crippen MR) is 341 cm³/mol. The summed E-state index contributed by atoms with van der Waals surface area (Å²) in [5.74, 6) is -0.257. The lowest BCUT2D eigenvalue weighted by Gasteiger charge is -2.46. The van der Waals surface area contributed by atoms with E-state index in [0.29, 0.717) is 12.8 Å². The standard InChI is InChI=1S/C70H125NO13/c1-3-5-7-9-11-13-15-17-19-21-23-25-27-29-31-33-35-37-39-41-43-45-47-49-51-53-59(74)58(57-81-69-67(80)65(78)68(61(56-73)83-69)84-70-66(79)64(77)63(76)60(55-72)82-70)71-62(75)54-52-50-48-46-44-42-40-38-36-34-32-30-28-26-24-22-20-18-16-14-12-10-8-6-4-2/h16,18,22,24,28,30,35,37,43,45,51,53,58-61,63-70,72-74,76-80H,3-15,17,19-21,23,25-27,29,31-34,36,38-42,44,46-50,52,54-57H2,1-2H3,(H,71,75)/b18-16-,24-22-,30-28-,37-35+,45-43+,53-51+. The van der Waals surface area contributed by atoms with Gasteiger partial charge >= 0.3 is 0 Å². The van der Waals surface area contributed by atoms with Gasteiger partial charge < -0.3 is 65.1 Å². The van der Waals surface area contributed by atoms with Crippen LogP contribution in [0.4, 0.5) is 0 Å². The number of hydrogen-bond acceptors (Lipinski definition) is 13. The molecule has 0 bridgehead atoms. The zero-order valence-electron chi connectivity index (χ0n) is 52.9. The number of allylic oxidation sites excluding steroid dienone is 11. The van der Waals surface area contributed by atoms with Crippen LogP contribution in [-0.4, -0.2) is 140 Å². The van der Waals surface area contributed by atoms with Crippen molar-refractivity contribution in [1.29, 1.82) is 0 Å². The van der Waals surface area contributed by atoms with Crippen molar-refractivity contribution in [3.63, 3.8) is 0 Å². The van der Waals surface area contributed by atoms with Crippen LogP contribution < -0.4 is 5.32 Å². The van der Waals surface area contributed by atoms with Crippen LogP contribution in [0.3, 0.4) is 0 Å². The summed E-state index contributed by atoms with van der Waals surface area (Å²) < 4.78 is 22.8. The Morgan fingerprint density at radius 3 is 1.25 bits per heavy atom. The highest BCUT2D eigenvalue weighted by molar-refractivity contribution is 5.76. The third-order valence-corrected chi connectivity index (χ3v) is 16.3. The molecule has 1 amide bonds. The number of carbonyl (C=O) groups is 1. The lowest BCUT2D eigenvalue weighted by molar-refractivity contribution is -0.359. The first-order chi connectivity index (χ1) is 41.1. The van der Waals surface area contributed by atoms with E-state index in [2.05, 4.69) is 79.9 Å². The Balaban J connectivity index is 1.74. The van der Waals surface area contributed by atoms with Gasteiger partial charge in [-0.2, -0.15) is 0 Å². The van der Waals surface area contributed by atoms with Gasteiger partial charge in [-0.15, -0.1) is 0 Å². The van der Waals surface area contributed by atoms with E-state index in [0.717, 1.165) is 64.2 Å². The summed E-state index contributed by atoms with van der Waals surface area (Å²) >= 11 is 0. The Hall–Kier alpha value is -2.57. The largest absolute Gasteiger partial charge is 0.394 e. The van der Waals surface area contributed by atoms with Gasteiger partial charge in [-0.1, -0.05) is 254 Å². The molecule has 14 nitrogen and oxygen atoms in total. The van der Waals surface area contributed by atoms with E-state index in [4.69, 9.17) is 18.9 Å². The van der Waals surface area contributed by atoms with Crippen LogP contribution >= 0.6 is 0 Å². The highest BCUT2D eigenvalue weighted by Gasteiger charge is 2.51. The summed E-state index contributed by atoms with van der Waals surface area (Å²) in [6.07, 6.45) is 56.6. The van der Waals surface area contributed by atoms with E-state index in [9.17, 15) is 45.6 Å². The zero-order valence-corrected chi connectivity index (χ0v) is 52.9. The molecule has 12 atom stereocenters. The lowest BCUT2D eigenvalue weighted by atomic mass is 9.97. The Bertz CT molecular complexity index is 1690. The first kappa shape index (κ1) is 77.5. The summed E-state index contributed by atoms with van der Waals surface area (Å²) in [4.78, 5) is 13.3. The van der Waals surface area contributed by atoms with Crippen LogP contribution in [0, 0.1) is 0 Å². The van der Waals surface area contributed by atoms with Crippen molar-refractivity contribution in [2.45, 2.75) is 344 Å². The SMILES string of the molecule is CCCCCCC/C=C\C/C=C\C/C=C\CCCCCCCCCCCCC(=O)NC(COC1OC(CO)C(OC2OC(CO)C(O)C(O)C2O)C(O)C1O)C(O)/C=C/CC/C=C/CC/C=C/CCCCCCCCCCCCCCCCC. The van der Waals surface area contributed by atoms with Crippen molar-refractivity contribution in [2.24, 2.45) is 0 Å². The van der Waals surface area contributed by atoms with Crippen LogP contribution in [0.5, 0.6) is 0 Å². The van der Waals surface area contributed by atoms with Crippen molar-refractivity contribution in [3.05, 3.63) is 72.9 Å². The number of unbranched alkanes of at least 4 members (excludes halogenated alkanes) is 32. The van der Waals surface area contributed by atoms with Crippen molar-refractivity contribution in [3.8, 4) is 0 Å². The van der Waals surface area contributed by atoms with E-state index < -0.39 is 86.8 Å². The maximum atomic E-state index is 13.3. The van der Waals surface area contributed by atoms with Gasteiger partial charge in [0.15, 0.2) is 12.6 Å². The van der Waals surface area contributed by atoms with Gasteiger partial charge in [0.2, 0.25) is 5.91 Å². The van der Waals surface area contributed by atoms with E-state index in [1.807, 2.05) is 6.08 Å². The smallest absolute Gasteiger partial charge is 0.220 e. The Morgan fingerprint density at radius 1 is 0.429 bits per heavy atom. The number of carbonyl (C=O) groups excluding carboxylic acids is 1. The summed E-state index contributed by atoms with van der Waals surface area (Å²) in [6, 6.07) is -0.945. The minimum absolute atomic E-state index is 0.257. The van der Waals surface area contributed by atoms with E-state index in [1.165, 1.54) is 173 Å². The Kier molecular flexibility index (Phi) is 50.4. The fraction of sp³-hybridized carbons (Fsp3) is 0.814. The van der Waals surface area contributed by atoms with Crippen molar-refractivity contribution in [2.75, 3.05) is 19.8 Å². The first-order valence-electron chi connectivity index (χ1n) is 34.2. The molecule has 0 aliphatic carbocycles. The number of rotatable bonds is 55. The summed E-state index contributed by atoms with van der Waals surface area (Å²) in [5, 5.41) is 87.3. The van der Waals surface area contributed by atoms with Gasteiger partial charge in [0.25, 0.3) is 0 Å². The Morgan fingerprint density at radius 2 is 0.798 bits per heavy atom. The minimum atomic E-state index is -1.80. The summed E-state index contributed by atoms with van der Waals surface area (Å²) in [7, 11) is 0. The number of ether oxygens (including phenoxy) is 4. The Labute approximate surface area is 510 Å². The molecule has 84 heavy (non-hydrogen) atoms. The molecule has 2 fully saturated rings. The molecule has 0 aromatic heterocycles. The van der Waals surface area contributed by atoms with Crippen LogP contribution in [0.2, 0.25) is 0 Å². The average Bonchev–Trinajstić information content (AvgIpc) is 3.18. The zero-order chi connectivity index (χ0) is 60.9. The van der Waals surface area contributed by atoms with Crippen LogP contribution in [0.15, 0.2) is 72.9 Å². The molecule has 2 rings (SSSR count). The highest BCUT2D eigenvalue weighted by Crippen LogP contribution is 2.30. The molecule has 2 aliphatic rings. The van der Waals surface area contributed by atoms with Gasteiger partial charge in [0.1, 0.15) is 48.8 Å². The number of hydrogen-bond donors (Lipinski definition) is 9. The normalized spacial score (nSPS) is 24.1. The number of amides is 1. The van der Waals surface area contributed by atoms with Crippen LogP contribution in [0.25, 0.3) is 0 Å².